The van der Waals surface area contributed by atoms with E-state index in [0.29, 0.717) is 12.1 Å². The van der Waals surface area contributed by atoms with E-state index >= 15 is 0 Å². The Bertz CT molecular complexity index is 497. The molecule has 0 heterocycles. The Hall–Kier alpha value is -1.63. The monoisotopic (exact) mass is 346 g/mol. The van der Waals surface area contributed by atoms with Gasteiger partial charge in [0.1, 0.15) is 5.82 Å². The number of anilines is 1. The van der Waals surface area contributed by atoms with Crippen LogP contribution in [0.15, 0.2) is 22.7 Å². The lowest BCUT2D eigenvalue weighted by Gasteiger charge is -2.16. The average Bonchev–Trinajstić information content (AvgIpc) is 2.33. The Kier molecular flexibility index (Phi) is 6.44. The van der Waals surface area contributed by atoms with E-state index in [2.05, 4.69) is 26.6 Å². The summed E-state index contributed by atoms with van der Waals surface area (Å²) in [5.74, 6) is -1.39. The van der Waals surface area contributed by atoms with Crippen LogP contribution in [-0.2, 0) is 4.79 Å². The molecular formula is C13H16BrFN2O3. The Morgan fingerprint density at radius 2 is 2.15 bits per heavy atom. The lowest BCUT2D eigenvalue weighted by molar-refractivity contribution is -0.137. The number of aliphatic carboxylic acids is 1. The van der Waals surface area contributed by atoms with Crippen molar-refractivity contribution < 1.29 is 19.1 Å². The molecule has 5 nitrogen and oxygen atoms in total. The molecule has 20 heavy (non-hydrogen) atoms. The number of carboxylic acids is 1. The summed E-state index contributed by atoms with van der Waals surface area (Å²) in [6.45, 7) is 1.91. The molecule has 0 aliphatic heterocycles. The first kappa shape index (κ1) is 16.4. The maximum Gasteiger partial charge on any atom is 0.319 e. The lowest BCUT2D eigenvalue weighted by Crippen LogP contribution is -2.39. The Morgan fingerprint density at radius 1 is 1.45 bits per heavy atom. The fourth-order valence-corrected chi connectivity index (χ4v) is 2.09. The quantitative estimate of drug-likeness (QED) is 0.738. The molecule has 0 spiro atoms. The molecule has 2 amide bonds. The molecule has 0 saturated carbocycles. The summed E-state index contributed by atoms with van der Waals surface area (Å²) < 4.78 is 13.3. The van der Waals surface area contributed by atoms with E-state index in [1.165, 1.54) is 18.2 Å². The minimum Gasteiger partial charge on any atom is -0.481 e. The lowest BCUT2D eigenvalue weighted by atomic mass is 10.1. The zero-order valence-corrected chi connectivity index (χ0v) is 12.5. The van der Waals surface area contributed by atoms with Crippen molar-refractivity contribution in [1.29, 1.82) is 0 Å². The average molecular weight is 347 g/mol. The van der Waals surface area contributed by atoms with Gasteiger partial charge in [-0.15, -0.1) is 0 Å². The molecule has 110 valence electrons. The molecule has 0 fully saturated rings. The largest absolute Gasteiger partial charge is 0.481 e. The number of nitrogens with one attached hydrogen (secondary N) is 2. The van der Waals surface area contributed by atoms with Gasteiger partial charge in [-0.2, -0.15) is 0 Å². The number of urea groups is 1. The van der Waals surface area contributed by atoms with Crippen molar-refractivity contribution in [1.82, 2.24) is 5.32 Å². The third-order valence-corrected chi connectivity index (χ3v) is 3.18. The number of carboxylic acid groups (broad SMARTS) is 1. The summed E-state index contributed by atoms with van der Waals surface area (Å²) in [5.41, 5.74) is 0.418. The predicted octanol–water partition coefficient (Wildman–Crippen LogP) is 3.35. The van der Waals surface area contributed by atoms with Crippen molar-refractivity contribution in [2.24, 2.45) is 0 Å². The van der Waals surface area contributed by atoms with Crippen LogP contribution < -0.4 is 10.6 Å². The van der Waals surface area contributed by atoms with E-state index in [1.807, 2.05) is 6.92 Å². The fraction of sp³-hybridized carbons (Fsp3) is 0.385. The smallest absolute Gasteiger partial charge is 0.319 e. The SMILES string of the molecule is CCCC(CC(=O)O)NC(=O)Nc1ccc(F)c(Br)c1. The highest BCUT2D eigenvalue weighted by Gasteiger charge is 2.15. The molecule has 0 aliphatic rings. The highest BCUT2D eigenvalue weighted by molar-refractivity contribution is 9.10. The van der Waals surface area contributed by atoms with Crippen molar-refractivity contribution >= 4 is 33.6 Å². The Balaban J connectivity index is 2.60. The van der Waals surface area contributed by atoms with E-state index in [4.69, 9.17) is 5.11 Å². The molecule has 0 aromatic heterocycles. The van der Waals surface area contributed by atoms with Gasteiger partial charge in [0.15, 0.2) is 0 Å². The van der Waals surface area contributed by atoms with Crippen LogP contribution in [0.5, 0.6) is 0 Å². The summed E-state index contributed by atoms with van der Waals surface area (Å²) in [7, 11) is 0. The van der Waals surface area contributed by atoms with Crippen LogP contribution in [0.3, 0.4) is 0 Å². The van der Waals surface area contributed by atoms with Crippen molar-refractivity contribution in [3.05, 3.63) is 28.5 Å². The Morgan fingerprint density at radius 3 is 2.70 bits per heavy atom. The second-order valence-corrected chi connectivity index (χ2v) is 5.17. The van der Waals surface area contributed by atoms with Crippen LogP contribution in [0.1, 0.15) is 26.2 Å². The van der Waals surface area contributed by atoms with Crippen molar-refractivity contribution in [2.75, 3.05) is 5.32 Å². The summed E-state index contributed by atoms with van der Waals surface area (Å²) in [5, 5.41) is 13.9. The maximum atomic E-state index is 13.0. The molecule has 3 N–H and O–H groups in total. The van der Waals surface area contributed by atoms with Gasteiger partial charge in [-0.1, -0.05) is 13.3 Å². The number of rotatable bonds is 6. The first-order valence-corrected chi connectivity index (χ1v) is 6.96. The number of hydrogen-bond acceptors (Lipinski definition) is 2. The number of carbonyl (C=O) groups excluding carboxylic acids is 1. The van der Waals surface area contributed by atoms with Crippen LogP contribution in [0, 0.1) is 5.82 Å². The minimum absolute atomic E-state index is 0.131. The summed E-state index contributed by atoms with van der Waals surface area (Å²) in [6.07, 6.45) is 1.21. The van der Waals surface area contributed by atoms with Gasteiger partial charge < -0.3 is 15.7 Å². The minimum atomic E-state index is -0.965. The van der Waals surface area contributed by atoms with Gasteiger partial charge in [0.2, 0.25) is 0 Å². The maximum absolute atomic E-state index is 13.0. The molecule has 0 radical (unpaired) electrons. The normalized spacial score (nSPS) is 11.8. The molecule has 1 aromatic carbocycles. The molecule has 1 atom stereocenters. The van der Waals surface area contributed by atoms with Crippen LogP contribution in [0.4, 0.5) is 14.9 Å². The van der Waals surface area contributed by atoms with Crippen LogP contribution in [-0.4, -0.2) is 23.1 Å². The van der Waals surface area contributed by atoms with E-state index in [-0.39, 0.29) is 10.9 Å². The second kappa shape index (κ2) is 7.84. The predicted molar refractivity (Wildman–Crippen MR) is 77.2 cm³/mol. The van der Waals surface area contributed by atoms with E-state index < -0.39 is 23.9 Å². The summed E-state index contributed by atoms with van der Waals surface area (Å²) in [4.78, 5) is 22.4. The second-order valence-electron chi connectivity index (χ2n) is 4.31. The van der Waals surface area contributed by atoms with Gasteiger partial charge in [0.25, 0.3) is 0 Å². The van der Waals surface area contributed by atoms with Gasteiger partial charge in [-0.3, -0.25) is 4.79 Å². The molecule has 1 unspecified atom stereocenters. The van der Waals surface area contributed by atoms with Gasteiger partial charge in [0, 0.05) is 11.7 Å². The molecule has 0 aliphatic carbocycles. The number of amides is 2. The molecule has 0 bridgehead atoms. The van der Waals surface area contributed by atoms with E-state index in [1.54, 1.807) is 0 Å². The standard InChI is InChI=1S/C13H16BrFN2O3/c1-2-3-8(7-12(18)19)16-13(20)17-9-4-5-11(15)10(14)6-9/h4-6,8H,2-3,7H2,1H3,(H,18,19)(H2,16,17,20). The van der Waals surface area contributed by atoms with E-state index in [0.717, 1.165) is 6.42 Å². The van der Waals surface area contributed by atoms with Gasteiger partial charge >= 0.3 is 12.0 Å². The number of hydrogen-bond donors (Lipinski definition) is 3. The topological polar surface area (TPSA) is 78.4 Å². The molecule has 1 rings (SSSR count). The zero-order chi connectivity index (χ0) is 15.1. The molecule has 0 saturated heterocycles. The first-order valence-electron chi connectivity index (χ1n) is 6.16. The fourth-order valence-electron chi connectivity index (χ4n) is 1.71. The highest BCUT2D eigenvalue weighted by atomic mass is 79.9. The molecule has 7 heteroatoms. The molecule has 1 aromatic rings. The highest BCUT2D eigenvalue weighted by Crippen LogP contribution is 2.19. The first-order chi connectivity index (χ1) is 9.42. The van der Waals surface area contributed by atoms with Crippen molar-refractivity contribution in [3.8, 4) is 0 Å². The third kappa shape index (κ3) is 5.56. The van der Waals surface area contributed by atoms with Crippen molar-refractivity contribution in [3.63, 3.8) is 0 Å². The summed E-state index contributed by atoms with van der Waals surface area (Å²) in [6, 6.07) is 3.14. The molecular weight excluding hydrogens is 331 g/mol. The van der Waals surface area contributed by atoms with Crippen LogP contribution in [0.2, 0.25) is 0 Å². The van der Waals surface area contributed by atoms with Gasteiger partial charge in [0.05, 0.1) is 10.9 Å². The number of carbonyl (C=O) groups is 2. The van der Waals surface area contributed by atoms with Crippen LogP contribution in [0.25, 0.3) is 0 Å². The van der Waals surface area contributed by atoms with Gasteiger partial charge in [-0.05, 0) is 40.5 Å². The zero-order valence-electron chi connectivity index (χ0n) is 11.0. The number of benzene rings is 1. The van der Waals surface area contributed by atoms with Gasteiger partial charge in [-0.25, -0.2) is 9.18 Å². The Labute approximate surface area is 124 Å². The van der Waals surface area contributed by atoms with Crippen molar-refractivity contribution in [2.45, 2.75) is 32.2 Å². The van der Waals surface area contributed by atoms with Crippen LogP contribution >= 0.6 is 15.9 Å². The number of halogens is 2. The third-order valence-electron chi connectivity index (χ3n) is 2.57. The summed E-state index contributed by atoms with van der Waals surface area (Å²) >= 11 is 3.02. The van der Waals surface area contributed by atoms with E-state index in [9.17, 15) is 14.0 Å².